The molecular weight excluding hydrogens is 282 g/mol. The molecule has 0 amide bonds. The molecule has 104 valence electrons. The highest BCUT2D eigenvalue weighted by atomic mass is 32.2. The van der Waals surface area contributed by atoms with Crippen molar-refractivity contribution < 1.29 is 12.9 Å². The van der Waals surface area contributed by atoms with Crippen LogP contribution in [0.2, 0.25) is 0 Å². The molecule has 0 saturated heterocycles. The van der Waals surface area contributed by atoms with Gasteiger partial charge in [-0.05, 0) is 12.1 Å². The summed E-state index contributed by atoms with van der Waals surface area (Å²) in [5, 5.41) is 3.70. The highest BCUT2D eigenvalue weighted by molar-refractivity contribution is 7.91. The van der Waals surface area contributed by atoms with Gasteiger partial charge < -0.3 is 14.8 Å². The molecule has 0 aliphatic rings. The average Bonchev–Trinajstić information content (AvgIpc) is 2.97. The first-order valence-electron chi connectivity index (χ1n) is 5.67. The normalized spacial score (nSPS) is 12.1. The van der Waals surface area contributed by atoms with E-state index in [4.69, 9.17) is 5.73 Å². The molecule has 0 unspecified atom stereocenters. The van der Waals surface area contributed by atoms with Crippen LogP contribution in [0.15, 0.2) is 34.0 Å². The maximum absolute atomic E-state index is 11.8. The number of nitrogens with two attached hydrogens (primary N) is 1. The zero-order valence-corrected chi connectivity index (χ0v) is 11.3. The van der Waals surface area contributed by atoms with E-state index in [9.17, 15) is 8.42 Å². The molecular formula is C11H11N5O3S. The maximum atomic E-state index is 11.8. The van der Waals surface area contributed by atoms with Crippen molar-refractivity contribution in [1.29, 1.82) is 0 Å². The molecule has 1 aromatic carbocycles. The average molecular weight is 293 g/mol. The van der Waals surface area contributed by atoms with Crippen molar-refractivity contribution in [3.63, 3.8) is 0 Å². The van der Waals surface area contributed by atoms with Crippen molar-refractivity contribution in [2.24, 2.45) is 0 Å². The molecule has 9 heteroatoms. The zero-order valence-electron chi connectivity index (χ0n) is 10.5. The molecule has 3 aromatic rings. The van der Waals surface area contributed by atoms with E-state index in [0.29, 0.717) is 16.9 Å². The molecule has 3 rings (SSSR count). The number of benzene rings is 1. The minimum Gasteiger partial charge on any atom is -0.369 e. The summed E-state index contributed by atoms with van der Waals surface area (Å²) in [6.07, 6.45) is 2.35. The molecule has 0 bridgehead atoms. The number of hydrogen-bond donors (Lipinski definition) is 1. The van der Waals surface area contributed by atoms with E-state index in [0.717, 1.165) is 6.26 Å². The molecule has 8 nitrogen and oxygen atoms in total. The van der Waals surface area contributed by atoms with E-state index < -0.39 is 9.84 Å². The van der Waals surface area contributed by atoms with E-state index in [-0.39, 0.29) is 17.4 Å². The largest absolute Gasteiger partial charge is 0.369 e. The summed E-state index contributed by atoms with van der Waals surface area (Å²) in [7, 11) is -3.38. The van der Waals surface area contributed by atoms with Crippen LogP contribution < -0.4 is 5.73 Å². The third kappa shape index (κ3) is 2.01. The fourth-order valence-corrected chi connectivity index (χ4v) is 2.84. The fourth-order valence-electron chi connectivity index (χ4n) is 2.01. The number of nitrogen functional groups attached to an aromatic ring is 1. The van der Waals surface area contributed by atoms with Crippen molar-refractivity contribution >= 4 is 26.8 Å². The molecule has 20 heavy (non-hydrogen) atoms. The lowest BCUT2D eigenvalue weighted by molar-refractivity contribution is 0.408. The van der Waals surface area contributed by atoms with Gasteiger partial charge in [-0.15, -0.1) is 0 Å². The Balaban J connectivity index is 2.22. The number of imidazole rings is 1. The quantitative estimate of drug-likeness (QED) is 0.745. The van der Waals surface area contributed by atoms with Crippen LogP contribution in [0.1, 0.15) is 5.82 Å². The molecule has 0 aliphatic heterocycles. The van der Waals surface area contributed by atoms with Gasteiger partial charge in [0.25, 0.3) is 0 Å². The van der Waals surface area contributed by atoms with E-state index in [1.807, 2.05) is 0 Å². The van der Waals surface area contributed by atoms with E-state index in [1.165, 1.54) is 12.5 Å². The van der Waals surface area contributed by atoms with Gasteiger partial charge in [0, 0.05) is 6.26 Å². The molecule has 0 aliphatic carbocycles. The van der Waals surface area contributed by atoms with Gasteiger partial charge in [-0.1, -0.05) is 11.2 Å². The first-order chi connectivity index (χ1) is 9.47. The third-order valence-corrected chi connectivity index (χ3v) is 4.01. The highest BCUT2D eigenvalue weighted by Crippen LogP contribution is 2.25. The molecule has 0 radical (unpaired) electrons. The molecule has 2 aromatic heterocycles. The van der Waals surface area contributed by atoms with Gasteiger partial charge in [0.05, 0.1) is 17.0 Å². The number of para-hydroxylation sites is 1. The Bertz CT molecular complexity index is 867. The number of fused-ring (bicyclic) bond motifs is 1. The SMILES string of the molecule is CS(=O)(=O)c1cccc2c1nc(N)n2Cc1ncon1. The van der Waals surface area contributed by atoms with Crippen molar-refractivity contribution in [2.45, 2.75) is 11.4 Å². The summed E-state index contributed by atoms with van der Waals surface area (Å²) < 4.78 is 29.8. The predicted octanol–water partition coefficient (Wildman–Crippen LogP) is 0.453. The molecule has 2 heterocycles. The van der Waals surface area contributed by atoms with Crippen molar-refractivity contribution in [1.82, 2.24) is 19.7 Å². The standard InChI is InChI=1S/C11H11N5O3S/c1-20(17,18)8-4-2-3-7-10(8)14-11(12)16(7)5-9-13-6-19-15-9/h2-4,6H,5H2,1H3,(H2,12,14). The van der Waals surface area contributed by atoms with Crippen molar-refractivity contribution in [3.05, 3.63) is 30.4 Å². The number of anilines is 1. The van der Waals surface area contributed by atoms with Crippen LogP contribution in [-0.2, 0) is 16.4 Å². The Morgan fingerprint density at radius 2 is 2.20 bits per heavy atom. The van der Waals surface area contributed by atoms with Crippen molar-refractivity contribution in [2.75, 3.05) is 12.0 Å². The van der Waals surface area contributed by atoms with E-state index in [1.54, 1.807) is 16.7 Å². The van der Waals surface area contributed by atoms with Crippen LogP contribution in [0.5, 0.6) is 0 Å². The maximum Gasteiger partial charge on any atom is 0.213 e. The monoisotopic (exact) mass is 293 g/mol. The van der Waals surface area contributed by atoms with Gasteiger partial charge in [-0.25, -0.2) is 13.4 Å². The Morgan fingerprint density at radius 1 is 1.40 bits per heavy atom. The Morgan fingerprint density at radius 3 is 2.85 bits per heavy atom. The summed E-state index contributed by atoms with van der Waals surface area (Å²) in [4.78, 5) is 8.19. The van der Waals surface area contributed by atoms with Crippen LogP contribution in [0.3, 0.4) is 0 Å². The summed E-state index contributed by atoms with van der Waals surface area (Å²) in [6.45, 7) is 0.256. The lowest BCUT2D eigenvalue weighted by Gasteiger charge is -2.03. The summed E-state index contributed by atoms with van der Waals surface area (Å²) >= 11 is 0. The Kier molecular flexibility index (Phi) is 2.71. The van der Waals surface area contributed by atoms with Crippen LogP contribution in [0.4, 0.5) is 5.95 Å². The fraction of sp³-hybridized carbons (Fsp3) is 0.182. The van der Waals surface area contributed by atoms with Gasteiger partial charge in [-0.3, -0.25) is 0 Å². The second kappa shape index (κ2) is 4.30. The highest BCUT2D eigenvalue weighted by Gasteiger charge is 2.18. The van der Waals surface area contributed by atoms with Crippen LogP contribution in [-0.4, -0.2) is 34.4 Å². The molecule has 0 saturated carbocycles. The lowest BCUT2D eigenvalue weighted by Crippen LogP contribution is -2.05. The summed E-state index contributed by atoms with van der Waals surface area (Å²) in [5.74, 6) is 0.627. The van der Waals surface area contributed by atoms with Crippen molar-refractivity contribution in [3.8, 4) is 0 Å². The van der Waals surface area contributed by atoms with Crippen LogP contribution >= 0.6 is 0 Å². The van der Waals surface area contributed by atoms with Gasteiger partial charge >= 0.3 is 0 Å². The number of nitrogens with zero attached hydrogens (tertiary/aromatic N) is 4. The minimum atomic E-state index is -3.38. The second-order valence-electron chi connectivity index (χ2n) is 4.30. The Hall–Kier alpha value is -2.42. The molecule has 0 spiro atoms. The number of aromatic nitrogens is 4. The lowest BCUT2D eigenvalue weighted by atomic mass is 10.3. The van der Waals surface area contributed by atoms with E-state index >= 15 is 0 Å². The second-order valence-corrected chi connectivity index (χ2v) is 6.28. The molecule has 0 atom stereocenters. The predicted molar refractivity (Wildman–Crippen MR) is 70.7 cm³/mol. The summed E-state index contributed by atoms with van der Waals surface area (Å²) in [6, 6.07) is 4.89. The number of sulfone groups is 1. The first-order valence-corrected chi connectivity index (χ1v) is 7.56. The smallest absolute Gasteiger partial charge is 0.213 e. The third-order valence-electron chi connectivity index (χ3n) is 2.88. The zero-order chi connectivity index (χ0) is 14.3. The first kappa shape index (κ1) is 12.6. The number of hydrogen-bond acceptors (Lipinski definition) is 7. The molecule has 2 N–H and O–H groups in total. The summed E-state index contributed by atoms with van der Waals surface area (Å²) in [5.41, 5.74) is 6.80. The Labute approximate surface area is 114 Å². The van der Waals surface area contributed by atoms with Gasteiger partial charge in [0.2, 0.25) is 12.3 Å². The van der Waals surface area contributed by atoms with Gasteiger partial charge in [-0.2, -0.15) is 4.98 Å². The van der Waals surface area contributed by atoms with Gasteiger partial charge in [0.1, 0.15) is 5.52 Å². The van der Waals surface area contributed by atoms with Gasteiger partial charge in [0.15, 0.2) is 15.7 Å². The van der Waals surface area contributed by atoms with E-state index in [2.05, 4.69) is 19.6 Å². The number of rotatable bonds is 3. The topological polar surface area (TPSA) is 117 Å². The van der Waals surface area contributed by atoms with Crippen LogP contribution in [0, 0.1) is 0 Å². The molecule has 0 fully saturated rings. The minimum absolute atomic E-state index is 0.147. The van der Waals surface area contributed by atoms with Crippen LogP contribution in [0.25, 0.3) is 11.0 Å².